The van der Waals surface area contributed by atoms with Crippen LogP contribution in [0.4, 0.5) is 0 Å². The van der Waals surface area contributed by atoms with E-state index >= 15 is 0 Å². The molecule has 114 valence electrons. The first kappa shape index (κ1) is 15.5. The Morgan fingerprint density at radius 2 is 2.00 bits per heavy atom. The van der Waals surface area contributed by atoms with E-state index in [1.807, 2.05) is 30.3 Å². The highest BCUT2D eigenvalue weighted by atomic mass is 16.5. The number of ether oxygens (including phenoxy) is 1. The molecular weight excluding hydrogens is 268 g/mol. The number of rotatable bonds is 5. The van der Waals surface area contributed by atoms with E-state index in [-0.39, 0.29) is 24.3 Å². The molecule has 2 rings (SSSR count). The summed E-state index contributed by atoms with van der Waals surface area (Å²) in [4.78, 5) is 25.9. The van der Waals surface area contributed by atoms with Crippen LogP contribution in [0, 0.1) is 11.8 Å². The van der Waals surface area contributed by atoms with E-state index in [0.29, 0.717) is 13.1 Å². The minimum atomic E-state index is -0.391. The Kier molecular flexibility index (Phi) is 5.33. The van der Waals surface area contributed by atoms with Gasteiger partial charge >= 0.3 is 5.97 Å². The fraction of sp³-hybridized carbons (Fsp3) is 0.500. The summed E-state index contributed by atoms with van der Waals surface area (Å²) >= 11 is 0. The maximum absolute atomic E-state index is 12.7. The fourth-order valence-corrected chi connectivity index (χ4v) is 2.61. The Hall–Kier alpha value is -1.88. The third-order valence-electron chi connectivity index (χ3n) is 3.91. The first-order valence-corrected chi connectivity index (χ1v) is 7.22. The molecule has 0 bridgehead atoms. The van der Waals surface area contributed by atoms with Crippen molar-refractivity contribution in [3.63, 3.8) is 0 Å². The van der Waals surface area contributed by atoms with Gasteiger partial charge in [0.05, 0.1) is 13.0 Å². The van der Waals surface area contributed by atoms with Crippen molar-refractivity contribution in [2.45, 2.75) is 13.5 Å². The summed E-state index contributed by atoms with van der Waals surface area (Å²) < 4.78 is 4.71. The summed E-state index contributed by atoms with van der Waals surface area (Å²) in [6.07, 6.45) is 0. The zero-order chi connectivity index (χ0) is 15.2. The average molecular weight is 290 g/mol. The van der Waals surface area contributed by atoms with Crippen LogP contribution >= 0.6 is 0 Å². The van der Waals surface area contributed by atoms with Crippen LogP contribution in [0.1, 0.15) is 12.5 Å². The second-order valence-corrected chi connectivity index (χ2v) is 5.50. The molecule has 0 aliphatic carbocycles. The van der Waals surface area contributed by atoms with E-state index in [9.17, 15) is 9.59 Å². The second-order valence-electron chi connectivity index (χ2n) is 5.50. The molecule has 0 saturated carbocycles. The van der Waals surface area contributed by atoms with Gasteiger partial charge in [0.25, 0.3) is 0 Å². The van der Waals surface area contributed by atoms with Gasteiger partial charge in [-0.3, -0.25) is 9.59 Å². The van der Waals surface area contributed by atoms with Crippen LogP contribution in [0.15, 0.2) is 30.3 Å². The minimum absolute atomic E-state index is 0.00650. The quantitative estimate of drug-likeness (QED) is 0.823. The molecule has 1 aromatic carbocycles. The van der Waals surface area contributed by atoms with E-state index < -0.39 is 5.97 Å². The van der Waals surface area contributed by atoms with E-state index in [4.69, 9.17) is 4.74 Å². The number of carbonyl (C=O) groups excluding carboxylic acids is 2. The van der Waals surface area contributed by atoms with E-state index in [1.165, 1.54) is 7.11 Å². The first-order chi connectivity index (χ1) is 10.1. The van der Waals surface area contributed by atoms with Gasteiger partial charge in [-0.1, -0.05) is 37.3 Å². The van der Waals surface area contributed by atoms with Crippen molar-refractivity contribution in [3.8, 4) is 0 Å². The van der Waals surface area contributed by atoms with Gasteiger partial charge in [-0.15, -0.1) is 0 Å². The summed E-state index contributed by atoms with van der Waals surface area (Å²) in [5.74, 6) is -0.161. The van der Waals surface area contributed by atoms with Gasteiger partial charge in [-0.05, 0) is 18.0 Å². The van der Waals surface area contributed by atoms with Gasteiger partial charge in [-0.2, -0.15) is 0 Å². The Morgan fingerprint density at radius 3 is 2.57 bits per heavy atom. The topological polar surface area (TPSA) is 58.6 Å². The van der Waals surface area contributed by atoms with Crippen LogP contribution in [-0.2, 0) is 20.9 Å². The largest absolute Gasteiger partial charge is 0.468 e. The molecule has 1 aliphatic rings. The van der Waals surface area contributed by atoms with Gasteiger partial charge in [0, 0.05) is 13.1 Å². The summed E-state index contributed by atoms with van der Waals surface area (Å²) in [6, 6.07) is 9.69. The number of nitrogens with one attached hydrogen (secondary N) is 1. The molecular formula is C16H22N2O3. The number of benzene rings is 1. The normalized spacial score (nSPS) is 21.0. The number of hydrogen-bond donors (Lipinski definition) is 1. The molecule has 0 aromatic heterocycles. The number of esters is 1. The van der Waals surface area contributed by atoms with Crippen molar-refractivity contribution in [2.24, 2.45) is 11.8 Å². The summed E-state index contributed by atoms with van der Waals surface area (Å²) in [7, 11) is 1.34. The molecule has 1 saturated heterocycles. The third kappa shape index (κ3) is 4.04. The zero-order valence-electron chi connectivity index (χ0n) is 12.5. The van der Waals surface area contributed by atoms with Crippen LogP contribution in [0.2, 0.25) is 0 Å². The highest BCUT2D eigenvalue weighted by Crippen LogP contribution is 2.20. The third-order valence-corrected chi connectivity index (χ3v) is 3.91. The van der Waals surface area contributed by atoms with E-state index in [1.54, 1.807) is 4.90 Å². The SMILES string of the molecule is COC(=O)CN(Cc1ccccc1)C(=O)C1CNCC1C. The van der Waals surface area contributed by atoms with E-state index in [2.05, 4.69) is 12.2 Å². The summed E-state index contributed by atoms with van der Waals surface area (Å²) in [5, 5.41) is 3.23. The predicted molar refractivity (Wildman–Crippen MR) is 79.4 cm³/mol. The lowest BCUT2D eigenvalue weighted by Gasteiger charge is -2.26. The molecule has 1 N–H and O–H groups in total. The van der Waals surface area contributed by atoms with Crippen molar-refractivity contribution < 1.29 is 14.3 Å². The lowest BCUT2D eigenvalue weighted by Crippen LogP contribution is -2.41. The molecule has 5 heteroatoms. The van der Waals surface area contributed by atoms with Crippen molar-refractivity contribution in [2.75, 3.05) is 26.7 Å². The van der Waals surface area contributed by atoms with Crippen LogP contribution < -0.4 is 5.32 Å². The molecule has 1 aliphatic heterocycles. The Balaban J connectivity index is 2.11. The van der Waals surface area contributed by atoms with Crippen molar-refractivity contribution in [1.82, 2.24) is 10.2 Å². The second kappa shape index (κ2) is 7.22. The fourth-order valence-electron chi connectivity index (χ4n) is 2.61. The summed E-state index contributed by atoms with van der Waals surface area (Å²) in [6.45, 7) is 3.99. The highest BCUT2D eigenvalue weighted by Gasteiger charge is 2.33. The molecule has 21 heavy (non-hydrogen) atoms. The minimum Gasteiger partial charge on any atom is -0.468 e. The van der Waals surface area contributed by atoms with Gasteiger partial charge in [0.2, 0.25) is 5.91 Å². The average Bonchev–Trinajstić information content (AvgIpc) is 2.93. The monoisotopic (exact) mass is 290 g/mol. The Bertz CT molecular complexity index is 490. The number of methoxy groups -OCH3 is 1. The van der Waals surface area contributed by atoms with Crippen LogP contribution in [0.5, 0.6) is 0 Å². The van der Waals surface area contributed by atoms with Crippen molar-refractivity contribution >= 4 is 11.9 Å². The molecule has 5 nitrogen and oxygen atoms in total. The van der Waals surface area contributed by atoms with E-state index in [0.717, 1.165) is 12.1 Å². The van der Waals surface area contributed by atoms with Gasteiger partial charge in [-0.25, -0.2) is 0 Å². The molecule has 1 aromatic rings. The first-order valence-electron chi connectivity index (χ1n) is 7.22. The number of amides is 1. The Morgan fingerprint density at radius 1 is 1.29 bits per heavy atom. The molecule has 2 unspecified atom stereocenters. The molecule has 0 radical (unpaired) electrons. The van der Waals surface area contributed by atoms with Gasteiger partial charge in [0.1, 0.15) is 6.54 Å². The smallest absolute Gasteiger partial charge is 0.325 e. The summed E-state index contributed by atoms with van der Waals surface area (Å²) in [5.41, 5.74) is 1.01. The van der Waals surface area contributed by atoms with Crippen molar-refractivity contribution in [3.05, 3.63) is 35.9 Å². The van der Waals surface area contributed by atoms with Crippen LogP contribution in [-0.4, -0.2) is 43.5 Å². The van der Waals surface area contributed by atoms with Gasteiger partial charge in [0.15, 0.2) is 0 Å². The standard InChI is InChI=1S/C16H22N2O3/c1-12-8-17-9-14(12)16(20)18(11-15(19)21-2)10-13-6-4-3-5-7-13/h3-7,12,14,17H,8-11H2,1-2H3. The maximum atomic E-state index is 12.7. The van der Waals surface area contributed by atoms with Crippen LogP contribution in [0.3, 0.4) is 0 Å². The molecule has 2 atom stereocenters. The molecule has 0 spiro atoms. The zero-order valence-corrected chi connectivity index (χ0v) is 12.5. The van der Waals surface area contributed by atoms with Gasteiger partial charge < -0.3 is 15.0 Å². The number of carbonyl (C=O) groups is 2. The van der Waals surface area contributed by atoms with Crippen molar-refractivity contribution in [1.29, 1.82) is 0 Å². The number of nitrogens with zero attached hydrogens (tertiary/aromatic N) is 1. The maximum Gasteiger partial charge on any atom is 0.325 e. The predicted octanol–water partition coefficient (Wildman–Crippen LogP) is 1.04. The lowest BCUT2D eigenvalue weighted by atomic mass is 9.96. The van der Waals surface area contributed by atoms with Crippen LogP contribution in [0.25, 0.3) is 0 Å². The number of hydrogen-bond acceptors (Lipinski definition) is 4. The molecule has 1 heterocycles. The molecule has 1 fully saturated rings. The highest BCUT2D eigenvalue weighted by molar-refractivity contribution is 5.84. The lowest BCUT2D eigenvalue weighted by molar-refractivity contribution is -0.149. The Labute approximate surface area is 125 Å². The molecule has 1 amide bonds.